The predicted octanol–water partition coefficient (Wildman–Crippen LogP) is 5.89. The third-order valence-electron chi connectivity index (χ3n) is 7.17. The summed E-state index contributed by atoms with van der Waals surface area (Å²) >= 11 is 12.5. The Hall–Kier alpha value is -1.60. The van der Waals surface area contributed by atoms with Crippen molar-refractivity contribution in [3.8, 4) is 0 Å². The molecule has 4 atom stereocenters. The fraction of sp³-hybridized carbons (Fsp3) is 0.500. The zero-order chi connectivity index (χ0) is 24.6. The van der Waals surface area contributed by atoms with Crippen molar-refractivity contribution in [1.82, 2.24) is 9.21 Å². The molecule has 8 heteroatoms. The lowest BCUT2D eigenvalue weighted by Crippen LogP contribution is -2.54. The van der Waals surface area contributed by atoms with Crippen LogP contribution < -0.4 is 0 Å². The molecule has 2 aliphatic rings. The lowest BCUT2D eigenvalue weighted by molar-refractivity contribution is -0.146. The largest absolute Gasteiger partial charge is 0.331 e. The van der Waals surface area contributed by atoms with Gasteiger partial charge in [-0.3, -0.25) is 4.79 Å². The summed E-state index contributed by atoms with van der Waals surface area (Å²) in [6.07, 6.45) is 2.77. The Bertz CT molecular complexity index is 1130. The number of sulfonamides is 1. The Kier molecular flexibility index (Phi) is 7.63. The van der Waals surface area contributed by atoms with Crippen LogP contribution in [0.3, 0.4) is 0 Å². The molecular weight excluding hydrogens is 491 g/mol. The lowest BCUT2D eigenvalue weighted by Gasteiger charge is -2.48. The number of rotatable bonds is 8. The number of hydrogen-bond acceptors (Lipinski definition) is 3. The third kappa shape index (κ3) is 5.15. The van der Waals surface area contributed by atoms with Gasteiger partial charge >= 0.3 is 0 Å². The van der Waals surface area contributed by atoms with Gasteiger partial charge in [-0.1, -0.05) is 61.3 Å². The van der Waals surface area contributed by atoms with Gasteiger partial charge in [0, 0.05) is 41.5 Å². The molecule has 1 amide bonds. The van der Waals surface area contributed by atoms with Crippen LogP contribution in [0.5, 0.6) is 0 Å². The summed E-state index contributed by atoms with van der Waals surface area (Å²) in [6.45, 7) is 4.25. The standard InChI is InChI=1S/C26H32Cl2N2O3S/c1-4-22(16-29(3)34(32,33)23-12-13-23)30-25(18-8-10-20(27)11-9-18)24(14-17(2)26(30)31)19-6-5-7-21(28)15-19/h5-11,15,17,22-25H,4,12-14,16H2,1-3H3/t17?,22?,24-,25-/m1/s1. The van der Waals surface area contributed by atoms with Crippen molar-refractivity contribution in [2.75, 3.05) is 13.6 Å². The second-order valence-electron chi connectivity index (χ2n) is 9.63. The highest BCUT2D eigenvalue weighted by molar-refractivity contribution is 7.90. The van der Waals surface area contributed by atoms with Crippen molar-refractivity contribution in [1.29, 1.82) is 0 Å². The van der Waals surface area contributed by atoms with Crippen LogP contribution >= 0.6 is 23.2 Å². The number of piperidine rings is 1. The first-order valence-electron chi connectivity index (χ1n) is 11.9. The molecule has 0 N–H and O–H groups in total. The molecule has 1 heterocycles. The van der Waals surface area contributed by atoms with Crippen LogP contribution in [0, 0.1) is 5.92 Å². The number of amides is 1. The highest BCUT2D eigenvalue weighted by Crippen LogP contribution is 2.47. The van der Waals surface area contributed by atoms with E-state index >= 15 is 0 Å². The average Bonchev–Trinajstić information content (AvgIpc) is 3.66. The number of hydrogen-bond donors (Lipinski definition) is 0. The third-order valence-corrected chi connectivity index (χ3v) is 9.98. The molecule has 2 aromatic carbocycles. The van der Waals surface area contributed by atoms with Crippen LogP contribution in [0.15, 0.2) is 48.5 Å². The molecule has 5 nitrogen and oxygen atoms in total. The maximum absolute atomic E-state index is 13.7. The van der Waals surface area contributed by atoms with Crippen LogP contribution in [0.2, 0.25) is 10.0 Å². The predicted molar refractivity (Wildman–Crippen MR) is 138 cm³/mol. The Morgan fingerprint density at radius 3 is 2.32 bits per heavy atom. The van der Waals surface area contributed by atoms with Crippen molar-refractivity contribution in [2.45, 2.75) is 62.8 Å². The van der Waals surface area contributed by atoms with Gasteiger partial charge in [0.15, 0.2) is 0 Å². The molecule has 1 aliphatic heterocycles. The number of nitrogens with zero attached hydrogens (tertiary/aromatic N) is 2. The molecule has 1 aliphatic carbocycles. The fourth-order valence-corrected chi connectivity index (χ4v) is 7.09. The number of halogens is 2. The Balaban J connectivity index is 1.77. The van der Waals surface area contributed by atoms with E-state index in [1.165, 1.54) is 4.31 Å². The molecule has 0 bridgehead atoms. The van der Waals surface area contributed by atoms with E-state index in [2.05, 4.69) is 6.07 Å². The summed E-state index contributed by atoms with van der Waals surface area (Å²) in [5.41, 5.74) is 2.06. The summed E-state index contributed by atoms with van der Waals surface area (Å²) in [6, 6.07) is 15.0. The van der Waals surface area contributed by atoms with Crippen molar-refractivity contribution >= 4 is 39.1 Å². The Morgan fingerprint density at radius 2 is 1.74 bits per heavy atom. The van der Waals surface area contributed by atoms with E-state index in [4.69, 9.17) is 23.2 Å². The normalized spacial score (nSPS) is 24.5. The molecule has 0 aromatic heterocycles. The fourth-order valence-electron chi connectivity index (χ4n) is 5.15. The summed E-state index contributed by atoms with van der Waals surface area (Å²) < 4.78 is 27.2. The SMILES string of the molecule is CCC(CN(C)S(=O)(=O)C1CC1)N1C(=O)C(C)C[C@H](c2cccc(Cl)c2)[C@H]1c1ccc(Cl)cc1. The van der Waals surface area contributed by atoms with Gasteiger partial charge in [0.25, 0.3) is 0 Å². The minimum atomic E-state index is -3.34. The number of carbonyl (C=O) groups excluding carboxylic acids is 1. The molecule has 4 rings (SSSR count). The van der Waals surface area contributed by atoms with Crippen LogP contribution in [0.1, 0.15) is 62.6 Å². The van der Waals surface area contributed by atoms with E-state index < -0.39 is 10.0 Å². The van der Waals surface area contributed by atoms with Gasteiger partial charge in [-0.15, -0.1) is 0 Å². The molecule has 1 saturated heterocycles. The monoisotopic (exact) mass is 522 g/mol. The summed E-state index contributed by atoms with van der Waals surface area (Å²) in [5, 5.41) is 1.01. The van der Waals surface area contributed by atoms with Gasteiger partial charge in [-0.05, 0) is 61.1 Å². The highest BCUT2D eigenvalue weighted by Gasteiger charge is 2.45. The first kappa shape index (κ1) is 25.5. The van der Waals surface area contributed by atoms with Crippen LogP contribution in [-0.2, 0) is 14.8 Å². The Labute approximate surface area is 213 Å². The summed E-state index contributed by atoms with van der Waals surface area (Å²) in [7, 11) is -1.70. The number of likely N-dealkylation sites (N-methyl/N-ethyl adjacent to an activating group) is 1. The van der Waals surface area contributed by atoms with E-state index in [0.717, 1.165) is 11.1 Å². The maximum Gasteiger partial charge on any atom is 0.226 e. The van der Waals surface area contributed by atoms with Gasteiger partial charge in [0.05, 0.1) is 11.3 Å². The molecule has 2 unspecified atom stereocenters. The molecular formula is C26H32Cl2N2O3S. The molecule has 1 saturated carbocycles. The Morgan fingerprint density at radius 1 is 1.06 bits per heavy atom. The first-order valence-corrected chi connectivity index (χ1v) is 14.2. The van der Waals surface area contributed by atoms with Gasteiger partial charge in [0.2, 0.25) is 15.9 Å². The zero-order valence-corrected chi connectivity index (χ0v) is 22.2. The van der Waals surface area contributed by atoms with Gasteiger partial charge in [0.1, 0.15) is 0 Å². The van der Waals surface area contributed by atoms with Gasteiger partial charge in [-0.25, -0.2) is 12.7 Å². The average molecular weight is 524 g/mol. The van der Waals surface area contributed by atoms with E-state index in [0.29, 0.717) is 35.7 Å². The van der Waals surface area contributed by atoms with Crippen LogP contribution in [-0.4, -0.2) is 48.4 Å². The molecule has 34 heavy (non-hydrogen) atoms. The topological polar surface area (TPSA) is 57.7 Å². The van der Waals surface area contributed by atoms with Crippen molar-refractivity contribution in [3.63, 3.8) is 0 Å². The highest BCUT2D eigenvalue weighted by atomic mass is 35.5. The van der Waals surface area contributed by atoms with E-state index in [9.17, 15) is 13.2 Å². The van der Waals surface area contributed by atoms with E-state index in [-0.39, 0.29) is 41.6 Å². The van der Waals surface area contributed by atoms with E-state index in [1.807, 2.05) is 61.2 Å². The minimum Gasteiger partial charge on any atom is -0.331 e. The van der Waals surface area contributed by atoms with Crippen molar-refractivity contribution in [3.05, 3.63) is 69.7 Å². The maximum atomic E-state index is 13.7. The summed E-state index contributed by atoms with van der Waals surface area (Å²) in [5.74, 6) is -0.110. The van der Waals surface area contributed by atoms with Crippen LogP contribution in [0.25, 0.3) is 0 Å². The first-order chi connectivity index (χ1) is 16.1. The molecule has 0 spiro atoms. The van der Waals surface area contributed by atoms with Gasteiger partial charge < -0.3 is 4.90 Å². The van der Waals surface area contributed by atoms with Crippen molar-refractivity contribution < 1.29 is 13.2 Å². The second-order valence-corrected chi connectivity index (χ2v) is 12.8. The number of likely N-dealkylation sites (tertiary alicyclic amines) is 1. The number of benzene rings is 2. The molecule has 0 radical (unpaired) electrons. The minimum absolute atomic E-state index is 0.0203. The van der Waals surface area contributed by atoms with Crippen molar-refractivity contribution in [2.24, 2.45) is 5.92 Å². The van der Waals surface area contributed by atoms with E-state index in [1.54, 1.807) is 7.05 Å². The van der Waals surface area contributed by atoms with Gasteiger partial charge in [-0.2, -0.15) is 0 Å². The zero-order valence-electron chi connectivity index (χ0n) is 19.8. The van der Waals surface area contributed by atoms with Crippen LogP contribution in [0.4, 0.5) is 0 Å². The molecule has 2 fully saturated rings. The number of carbonyl (C=O) groups is 1. The molecule has 2 aromatic rings. The lowest BCUT2D eigenvalue weighted by atomic mass is 9.75. The quantitative estimate of drug-likeness (QED) is 0.434. The smallest absolute Gasteiger partial charge is 0.226 e. The molecule has 184 valence electrons. The second kappa shape index (κ2) is 10.2. The summed E-state index contributed by atoms with van der Waals surface area (Å²) in [4.78, 5) is 15.6.